The van der Waals surface area contributed by atoms with Gasteiger partial charge in [0.15, 0.2) is 44.0 Å². The lowest BCUT2D eigenvalue weighted by molar-refractivity contribution is -0.402. The van der Waals surface area contributed by atoms with Crippen LogP contribution in [0.25, 0.3) is 0 Å². The van der Waals surface area contributed by atoms with Gasteiger partial charge in [-0.25, -0.2) is 0 Å². The molecule has 21 N–H and O–H groups in total. The van der Waals surface area contributed by atoms with Crippen molar-refractivity contribution in [2.75, 3.05) is 133 Å². The summed E-state index contributed by atoms with van der Waals surface area (Å²) in [5, 5.41) is 167. The van der Waals surface area contributed by atoms with Gasteiger partial charge >= 0.3 is 0 Å². The first-order chi connectivity index (χ1) is 58.9. The van der Waals surface area contributed by atoms with Crippen LogP contribution in [-0.4, -0.2) is 510 Å². The molecule has 0 aromatic carbocycles. The van der Waals surface area contributed by atoms with Crippen LogP contribution in [0.1, 0.15) is 44.9 Å². The fraction of sp³-hybridized carbons (Fsp3) is 1.00. The van der Waals surface area contributed by atoms with Crippen LogP contribution >= 0.6 is 0 Å². The molecule has 21 fully saturated rings. The largest absolute Gasteiger partial charge is 0.394 e. The van der Waals surface area contributed by atoms with Crippen molar-refractivity contribution in [1.29, 1.82) is 0 Å². The Balaban J connectivity index is 1.30. The van der Waals surface area contributed by atoms with E-state index in [1.54, 1.807) is 0 Å². The molecule has 0 spiro atoms. The Morgan fingerprint density at radius 3 is 0.373 bits per heavy atom. The number of rotatable bonds is 42. The van der Waals surface area contributed by atoms with Crippen LogP contribution in [0.15, 0.2) is 0 Å². The van der Waals surface area contributed by atoms with Gasteiger partial charge in [-0.2, -0.15) is 58.9 Å². The van der Waals surface area contributed by atoms with Gasteiger partial charge in [0.2, 0.25) is 0 Å². The molecule has 21 saturated heterocycles. The van der Waals surface area contributed by atoms with Gasteiger partial charge in [0, 0.05) is 46.2 Å². The SMILES string of the molecule is O=S(=O)(O)CCCOC1C2OC(CO)C(OC3OC(CO)C(OC4OC(CO)C(OC5OC(CO)C(OC6OC(CO)C(OC7OC(CO)C(OC8OC(CO)C(O2)C(O)C8OCCCS(=O)(=O)O)C(O)C7OCCCS(=O)(=O)O)C(O)C6OCCCS(=O)(=O)O)C(O)C5OCCCS(=O)(=O)O)C(O)C4OCCCS(=O)(=O)O)C(O)C3OCCCS(=O)(=O)O)C1O. The summed E-state index contributed by atoms with van der Waals surface area (Å²) in [4.78, 5) is 0. The Hall–Kier alpha value is -2.03. The van der Waals surface area contributed by atoms with Crippen LogP contribution in [-0.2, 0) is 170 Å². The molecule has 21 aliphatic rings. The Morgan fingerprint density at radius 2 is 0.286 bits per heavy atom. The zero-order valence-electron chi connectivity index (χ0n) is 66.5. The van der Waals surface area contributed by atoms with E-state index in [1.165, 1.54) is 0 Å². The third-order valence-electron chi connectivity index (χ3n) is 20.6. The standard InChI is InChI=1S/C63H112O56S7/c64-22-29-43-36(71)50(99-8-1-15-120(78,79)80)57(106-29)113-44-30(23-65)107-59(51(37(44)72)100-9-2-16-121(81,82)83)115-46-32(25-67)109-61(53(39(46)74)102-11-4-18-123(87,88)89)117-48-34(27-69)111-63(55(41(48)76)104-13-6-20-125(93,94)95)119-49-35(28-70)112-62(56(42(49)77)105-14-7-21-126(96,97)98)118-47-33(26-68)110-60(54(40(47)75)103-12-5-19-124(90,91)92)116-45-31(24-66)108-58(114-43)52(38(45)73)101-10-3-17-122(84,85)86/h29-77H,1-28H2,(H,78,79,80)(H,81,82,83)(H,84,85,86)(H,87,88,89)(H,90,91,92)(H,93,94,95)(H,96,97,98). The second kappa shape index (κ2) is 48.6. The quantitative estimate of drug-likeness (QED) is 0.0199. The first kappa shape index (κ1) is 109. The molecule has 35 atom stereocenters. The summed E-state index contributed by atoms with van der Waals surface area (Å²) in [7, 11) is -33.6. The summed E-state index contributed by atoms with van der Waals surface area (Å²) in [6.07, 6.45) is -82.2. The molecule has 14 bridgehead atoms. The molecule has 35 unspecified atom stereocenters. The van der Waals surface area contributed by atoms with Gasteiger partial charge in [-0.3, -0.25) is 31.9 Å². The van der Waals surface area contributed by atoms with E-state index >= 15 is 0 Å². The highest BCUT2D eigenvalue weighted by molar-refractivity contribution is 7.87. The third-order valence-corrected chi connectivity index (χ3v) is 26.2. The van der Waals surface area contributed by atoms with E-state index in [9.17, 15) is 162 Å². The summed E-state index contributed by atoms with van der Waals surface area (Å²) >= 11 is 0. The molecule has 0 amide bonds. The van der Waals surface area contributed by atoms with Crippen molar-refractivity contribution in [2.45, 2.75) is 260 Å². The Morgan fingerprint density at radius 1 is 0.183 bits per heavy atom. The summed E-state index contributed by atoms with van der Waals surface area (Å²) in [6.45, 7) is -14.8. The monoisotopic (exact) mass is 1990 g/mol. The van der Waals surface area contributed by atoms with Crippen molar-refractivity contribution in [1.82, 2.24) is 0 Å². The van der Waals surface area contributed by atoms with E-state index in [1.807, 2.05) is 0 Å². The summed E-state index contributed by atoms with van der Waals surface area (Å²) < 4.78 is 364. The maximum atomic E-state index is 12.6. The lowest BCUT2D eigenvalue weighted by atomic mass is 9.94. The van der Waals surface area contributed by atoms with Gasteiger partial charge in [0.05, 0.1) is 86.5 Å². The predicted octanol–water partition coefficient (Wildman–Crippen LogP) is -13.1. The molecule has 21 rings (SSSR count). The van der Waals surface area contributed by atoms with Crippen molar-refractivity contribution < 1.29 is 262 Å². The molecule has 63 heteroatoms. The van der Waals surface area contributed by atoms with E-state index in [0.717, 1.165) is 0 Å². The van der Waals surface area contributed by atoms with Crippen LogP contribution in [0.2, 0.25) is 0 Å². The number of hydrogen-bond donors (Lipinski definition) is 21. The Labute approximate surface area is 721 Å². The minimum Gasteiger partial charge on any atom is -0.394 e. The van der Waals surface area contributed by atoms with Gasteiger partial charge in [-0.15, -0.1) is 0 Å². The first-order valence-electron chi connectivity index (χ1n) is 39.1. The second-order valence-electron chi connectivity index (χ2n) is 30.0. The molecule has 126 heavy (non-hydrogen) atoms. The van der Waals surface area contributed by atoms with E-state index in [-0.39, 0.29) is 0 Å². The van der Waals surface area contributed by atoms with Crippen molar-refractivity contribution >= 4 is 70.8 Å². The molecular weight excluding hydrogens is 1880 g/mol. The van der Waals surface area contributed by atoms with Crippen LogP contribution in [0, 0.1) is 0 Å². The molecule has 56 nitrogen and oxygen atoms in total. The van der Waals surface area contributed by atoms with Gasteiger partial charge in [-0.1, -0.05) is 0 Å². The lowest BCUT2D eigenvalue weighted by Gasteiger charge is -2.51. The van der Waals surface area contributed by atoms with Crippen LogP contribution in [0.4, 0.5) is 0 Å². The number of aliphatic hydroxyl groups is 14. The molecule has 21 aliphatic heterocycles. The van der Waals surface area contributed by atoms with Gasteiger partial charge in [0.25, 0.3) is 70.8 Å². The summed E-state index contributed by atoms with van der Waals surface area (Å²) in [5.41, 5.74) is 0. The van der Waals surface area contributed by atoms with Gasteiger partial charge < -0.3 is 171 Å². The summed E-state index contributed by atoms with van der Waals surface area (Å²) in [5.74, 6) is -7.29. The van der Waals surface area contributed by atoms with Gasteiger partial charge in [-0.05, 0) is 44.9 Å². The molecule has 0 aliphatic carbocycles. The van der Waals surface area contributed by atoms with E-state index in [4.69, 9.17) is 99.5 Å². The average molecular weight is 1990 g/mol. The zero-order valence-corrected chi connectivity index (χ0v) is 72.3. The van der Waals surface area contributed by atoms with Crippen LogP contribution in [0.5, 0.6) is 0 Å². The average Bonchev–Trinajstić information content (AvgIpc) is 0.772. The number of ether oxygens (including phenoxy) is 21. The van der Waals surface area contributed by atoms with E-state index in [2.05, 4.69) is 0 Å². The predicted molar refractivity (Wildman–Crippen MR) is 402 cm³/mol. The fourth-order valence-electron chi connectivity index (χ4n) is 14.8. The highest BCUT2D eigenvalue weighted by atomic mass is 32.2. The number of aliphatic hydroxyl groups excluding tert-OH is 14. The zero-order chi connectivity index (χ0) is 93.4. The normalized spacial score (nSPS) is 39.4. The second-order valence-corrected chi connectivity index (χ2v) is 41.0. The van der Waals surface area contributed by atoms with Crippen molar-refractivity contribution in [3.63, 3.8) is 0 Å². The maximum Gasteiger partial charge on any atom is 0.264 e. The molecule has 0 saturated carbocycles. The van der Waals surface area contributed by atoms with Gasteiger partial charge in [0.1, 0.15) is 171 Å². The minimum absolute atomic E-state index is 0.632. The molecule has 0 aromatic heterocycles. The smallest absolute Gasteiger partial charge is 0.264 e. The molecule has 0 radical (unpaired) electrons. The highest BCUT2D eigenvalue weighted by Gasteiger charge is 2.62. The van der Waals surface area contributed by atoms with E-state index < -0.39 is 463 Å². The molecule has 0 aromatic rings. The fourth-order valence-corrected chi connectivity index (χ4v) is 18.2. The minimum atomic E-state index is -4.80. The van der Waals surface area contributed by atoms with Crippen molar-refractivity contribution in [3.8, 4) is 0 Å². The maximum absolute atomic E-state index is 12.6. The van der Waals surface area contributed by atoms with E-state index in [0.29, 0.717) is 0 Å². The topological polar surface area (TPSA) is 858 Å². The van der Waals surface area contributed by atoms with Crippen LogP contribution in [0.3, 0.4) is 0 Å². The summed E-state index contributed by atoms with van der Waals surface area (Å²) in [6, 6.07) is 0. The van der Waals surface area contributed by atoms with Crippen LogP contribution < -0.4 is 0 Å². The van der Waals surface area contributed by atoms with Crippen molar-refractivity contribution in [3.05, 3.63) is 0 Å². The lowest BCUT2D eigenvalue weighted by Crippen LogP contribution is -2.69. The molecular formula is C63H112O56S7. The molecule has 21 heterocycles. The first-order valence-corrected chi connectivity index (χ1v) is 50.4. The highest BCUT2D eigenvalue weighted by Crippen LogP contribution is 2.42. The number of hydrogen-bond acceptors (Lipinski definition) is 49. The Kier molecular flexibility index (Phi) is 42.2. The molecule has 742 valence electrons. The van der Waals surface area contributed by atoms with Crippen molar-refractivity contribution in [2.24, 2.45) is 0 Å². The third kappa shape index (κ3) is 32.1. The Bertz CT molecular complexity index is 3400.